The van der Waals surface area contributed by atoms with E-state index < -0.39 is 0 Å². The van der Waals surface area contributed by atoms with Gasteiger partial charge in [0.25, 0.3) is 0 Å². The highest BCUT2D eigenvalue weighted by molar-refractivity contribution is 7.19. The molecule has 0 fully saturated rings. The lowest BCUT2D eigenvalue weighted by Crippen LogP contribution is -2.19. The average Bonchev–Trinajstić information content (AvgIpc) is 2.93. The standard InChI is InChI=1S/C19H21N3S/c1-13-20-18(22(2)12-14-8-4-3-5-9-14)17-15-10-6-7-11-16(15)23-19(17)21-13/h3-5,8-9H,6-7,10-12H2,1-2H3. The van der Waals surface area contributed by atoms with Gasteiger partial charge in [0.15, 0.2) is 0 Å². The van der Waals surface area contributed by atoms with Gasteiger partial charge in [0.2, 0.25) is 0 Å². The van der Waals surface area contributed by atoms with Gasteiger partial charge in [-0.1, -0.05) is 30.3 Å². The predicted molar refractivity (Wildman–Crippen MR) is 97.3 cm³/mol. The molecule has 1 aliphatic carbocycles. The second-order valence-electron chi connectivity index (χ2n) is 6.33. The summed E-state index contributed by atoms with van der Waals surface area (Å²) in [6, 6.07) is 10.6. The van der Waals surface area contributed by atoms with Crippen molar-refractivity contribution in [2.24, 2.45) is 0 Å². The van der Waals surface area contributed by atoms with Gasteiger partial charge in [-0.25, -0.2) is 9.97 Å². The summed E-state index contributed by atoms with van der Waals surface area (Å²) in [6.45, 7) is 2.87. The number of nitrogens with zero attached hydrogens (tertiary/aromatic N) is 3. The van der Waals surface area contributed by atoms with Gasteiger partial charge in [0.05, 0.1) is 5.39 Å². The topological polar surface area (TPSA) is 29.0 Å². The van der Waals surface area contributed by atoms with Crippen LogP contribution in [0.4, 0.5) is 5.82 Å². The summed E-state index contributed by atoms with van der Waals surface area (Å²) in [4.78, 5) is 14.5. The molecule has 0 radical (unpaired) electrons. The molecule has 0 saturated heterocycles. The highest BCUT2D eigenvalue weighted by Crippen LogP contribution is 2.39. The molecule has 118 valence electrons. The highest BCUT2D eigenvalue weighted by atomic mass is 32.1. The van der Waals surface area contributed by atoms with Gasteiger partial charge < -0.3 is 4.90 Å². The maximum absolute atomic E-state index is 4.80. The number of benzene rings is 1. The molecule has 1 aromatic carbocycles. The largest absolute Gasteiger partial charge is 0.355 e. The zero-order valence-corrected chi connectivity index (χ0v) is 14.5. The van der Waals surface area contributed by atoms with Gasteiger partial charge in [0, 0.05) is 18.5 Å². The third kappa shape index (κ3) is 2.72. The fraction of sp³-hybridized carbons (Fsp3) is 0.368. The van der Waals surface area contributed by atoms with E-state index in [0.717, 1.165) is 18.2 Å². The monoisotopic (exact) mass is 323 g/mol. The lowest BCUT2D eigenvalue weighted by Gasteiger charge is -2.21. The molecule has 3 nitrogen and oxygen atoms in total. The molecule has 0 unspecified atom stereocenters. The minimum Gasteiger partial charge on any atom is -0.355 e. The molecule has 0 bridgehead atoms. The van der Waals surface area contributed by atoms with Gasteiger partial charge in [-0.15, -0.1) is 11.3 Å². The maximum atomic E-state index is 4.80. The van der Waals surface area contributed by atoms with Gasteiger partial charge >= 0.3 is 0 Å². The lowest BCUT2D eigenvalue weighted by molar-refractivity contribution is 0.700. The SMILES string of the molecule is Cc1nc(N(C)Cc2ccccc2)c2c3c(sc2n1)CCCC3. The summed E-state index contributed by atoms with van der Waals surface area (Å²) >= 11 is 1.87. The Morgan fingerprint density at radius 2 is 1.87 bits per heavy atom. The number of aromatic nitrogens is 2. The second-order valence-corrected chi connectivity index (χ2v) is 7.41. The van der Waals surface area contributed by atoms with Gasteiger partial charge in [-0.05, 0) is 43.7 Å². The van der Waals surface area contributed by atoms with Crippen LogP contribution in [0, 0.1) is 6.92 Å². The van der Waals surface area contributed by atoms with E-state index in [-0.39, 0.29) is 0 Å². The van der Waals surface area contributed by atoms with Gasteiger partial charge in [-0.3, -0.25) is 0 Å². The summed E-state index contributed by atoms with van der Waals surface area (Å²) in [5, 5.41) is 1.30. The molecule has 4 rings (SSSR count). The zero-order valence-electron chi connectivity index (χ0n) is 13.7. The van der Waals surface area contributed by atoms with Crippen LogP contribution in [-0.2, 0) is 19.4 Å². The van der Waals surface area contributed by atoms with Crippen LogP contribution in [0.3, 0.4) is 0 Å². The van der Waals surface area contributed by atoms with Crippen LogP contribution in [0.1, 0.15) is 34.7 Å². The number of aryl methyl sites for hydroxylation is 3. The van der Waals surface area contributed by atoms with Crippen molar-refractivity contribution in [1.29, 1.82) is 0 Å². The molecule has 0 saturated carbocycles. The van der Waals surface area contributed by atoms with Crippen LogP contribution in [0.2, 0.25) is 0 Å². The van der Waals surface area contributed by atoms with Crippen LogP contribution >= 0.6 is 11.3 Å². The number of anilines is 1. The molecule has 23 heavy (non-hydrogen) atoms. The van der Waals surface area contributed by atoms with Crippen molar-refractivity contribution in [2.75, 3.05) is 11.9 Å². The first kappa shape index (κ1) is 14.6. The number of rotatable bonds is 3. The van der Waals surface area contributed by atoms with Crippen LogP contribution < -0.4 is 4.90 Å². The van der Waals surface area contributed by atoms with E-state index >= 15 is 0 Å². The normalized spacial score (nSPS) is 14.0. The Bertz CT molecular complexity index is 839. The fourth-order valence-electron chi connectivity index (χ4n) is 3.45. The first-order valence-corrected chi connectivity index (χ1v) is 9.08. The van der Waals surface area contributed by atoms with Crippen molar-refractivity contribution < 1.29 is 0 Å². The molecule has 0 spiro atoms. The minimum atomic E-state index is 0.867. The van der Waals surface area contributed by atoms with Crippen molar-refractivity contribution in [3.63, 3.8) is 0 Å². The van der Waals surface area contributed by atoms with E-state index in [1.165, 1.54) is 51.9 Å². The predicted octanol–water partition coefficient (Wildman–Crippen LogP) is 4.51. The Kier molecular flexibility index (Phi) is 3.77. The van der Waals surface area contributed by atoms with E-state index in [0.29, 0.717) is 0 Å². The summed E-state index contributed by atoms with van der Waals surface area (Å²) in [5.74, 6) is 1.96. The lowest BCUT2D eigenvalue weighted by atomic mass is 9.97. The molecule has 4 heteroatoms. The second kappa shape index (κ2) is 5.93. The third-order valence-electron chi connectivity index (χ3n) is 4.53. The zero-order chi connectivity index (χ0) is 15.8. The molecular formula is C19H21N3S. The Hall–Kier alpha value is -1.94. The Balaban J connectivity index is 1.80. The molecule has 1 aliphatic rings. The quantitative estimate of drug-likeness (QED) is 0.710. The van der Waals surface area contributed by atoms with Gasteiger partial charge in [-0.2, -0.15) is 0 Å². The van der Waals surface area contributed by atoms with Crippen molar-refractivity contribution >= 4 is 27.4 Å². The number of hydrogen-bond acceptors (Lipinski definition) is 4. The van der Waals surface area contributed by atoms with Crippen LogP contribution in [0.25, 0.3) is 10.2 Å². The van der Waals surface area contributed by atoms with E-state index in [4.69, 9.17) is 9.97 Å². The van der Waals surface area contributed by atoms with Crippen LogP contribution in [0.5, 0.6) is 0 Å². The molecule has 3 aromatic rings. The summed E-state index contributed by atoms with van der Waals surface area (Å²) < 4.78 is 0. The summed E-state index contributed by atoms with van der Waals surface area (Å²) in [5.41, 5.74) is 2.81. The minimum absolute atomic E-state index is 0.867. The Morgan fingerprint density at radius 1 is 1.09 bits per heavy atom. The number of fused-ring (bicyclic) bond motifs is 3. The highest BCUT2D eigenvalue weighted by Gasteiger charge is 2.22. The van der Waals surface area contributed by atoms with E-state index in [9.17, 15) is 0 Å². The van der Waals surface area contributed by atoms with Crippen molar-refractivity contribution in [1.82, 2.24) is 9.97 Å². The molecular weight excluding hydrogens is 302 g/mol. The molecule has 0 amide bonds. The van der Waals surface area contributed by atoms with Gasteiger partial charge in [0.1, 0.15) is 16.5 Å². The van der Waals surface area contributed by atoms with Crippen LogP contribution in [-0.4, -0.2) is 17.0 Å². The fourth-order valence-corrected chi connectivity index (χ4v) is 4.75. The average molecular weight is 323 g/mol. The maximum Gasteiger partial charge on any atom is 0.141 e. The third-order valence-corrected chi connectivity index (χ3v) is 5.72. The van der Waals surface area contributed by atoms with Crippen molar-refractivity contribution in [3.05, 3.63) is 52.2 Å². The Morgan fingerprint density at radius 3 is 2.70 bits per heavy atom. The first-order chi connectivity index (χ1) is 11.2. The molecule has 0 aliphatic heterocycles. The van der Waals surface area contributed by atoms with Crippen LogP contribution in [0.15, 0.2) is 30.3 Å². The Labute approximate surface area is 141 Å². The summed E-state index contributed by atoms with van der Waals surface area (Å²) in [6.07, 6.45) is 4.97. The number of thiophene rings is 1. The number of hydrogen-bond donors (Lipinski definition) is 0. The summed E-state index contributed by atoms with van der Waals surface area (Å²) in [7, 11) is 2.14. The smallest absolute Gasteiger partial charge is 0.141 e. The van der Waals surface area contributed by atoms with E-state index in [2.05, 4.69) is 42.3 Å². The molecule has 2 aromatic heterocycles. The molecule has 0 atom stereocenters. The van der Waals surface area contributed by atoms with Crippen molar-refractivity contribution in [2.45, 2.75) is 39.2 Å². The van der Waals surface area contributed by atoms with E-state index in [1.807, 2.05) is 18.3 Å². The van der Waals surface area contributed by atoms with E-state index in [1.54, 1.807) is 0 Å². The van der Waals surface area contributed by atoms with Crippen molar-refractivity contribution in [3.8, 4) is 0 Å². The first-order valence-electron chi connectivity index (χ1n) is 8.26. The molecule has 0 N–H and O–H groups in total. The molecule has 2 heterocycles.